The molecular weight excluding hydrogens is 474 g/mol. The minimum Gasteiger partial charge on any atom is -0.507 e. The van der Waals surface area contributed by atoms with E-state index in [0.717, 1.165) is 27.6 Å². The zero-order valence-corrected chi connectivity index (χ0v) is 20.1. The quantitative estimate of drug-likeness (QED) is 0.249. The first-order valence-electron chi connectivity index (χ1n) is 11.4. The van der Waals surface area contributed by atoms with E-state index in [0.29, 0.717) is 32.8 Å². The molecule has 36 heavy (non-hydrogen) atoms. The summed E-state index contributed by atoms with van der Waals surface area (Å²) < 4.78 is 0. The third kappa shape index (κ3) is 4.61. The third-order valence-electron chi connectivity index (χ3n) is 6.13. The summed E-state index contributed by atoms with van der Waals surface area (Å²) >= 11 is 6.59. The van der Waals surface area contributed by atoms with Gasteiger partial charge in [0.05, 0.1) is 11.4 Å². The van der Waals surface area contributed by atoms with Gasteiger partial charge in [0, 0.05) is 22.2 Å². The molecule has 0 aliphatic rings. The molecule has 0 saturated carbocycles. The summed E-state index contributed by atoms with van der Waals surface area (Å²) in [5, 5.41) is 21.1. The SMILES string of the molecule is Cc1cc(CC(=O)O)cc(-c2cc3cc(-c4ccc(-c5ccccc5)c(O)c4)c(Cl)cc3[nH]c2=O)c1. The highest BCUT2D eigenvalue weighted by atomic mass is 35.5. The Balaban J connectivity index is 1.61. The summed E-state index contributed by atoms with van der Waals surface area (Å²) in [5.41, 5.74) is 5.97. The van der Waals surface area contributed by atoms with E-state index in [9.17, 15) is 19.8 Å². The molecule has 0 bridgehead atoms. The van der Waals surface area contributed by atoms with Crippen molar-refractivity contribution in [3.8, 4) is 39.1 Å². The molecule has 5 nitrogen and oxygen atoms in total. The van der Waals surface area contributed by atoms with Crippen LogP contribution in [0, 0.1) is 6.92 Å². The molecule has 0 aliphatic carbocycles. The number of phenols is 1. The zero-order valence-electron chi connectivity index (χ0n) is 19.4. The Morgan fingerprint density at radius 2 is 1.58 bits per heavy atom. The van der Waals surface area contributed by atoms with Crippen LogP contribution >= 0.6 is 11.6 Å². The van der Waals surface area contributed by atoms with E-state index in [-0.39, 0.29) is 17.7 Å². The molecule has 178 valence electrons. The Hall–Kier alpha value is -4.35. The van der Waals surface area contributed by atoms with Crippen LogP contribution in [0.1, 0.15) is 11.1 Å². The number of nitrogens with one attached hydrogen (secondary N) is 1. The Labute approximate surface area is 212 Å². The summed E-state index contributed by atoms with van der Waals surface area (Å²) in [5.74, 6) is -0.789. The number of phenolic OH excluding ortho intramolecular Hbond substituents is 1. The van der Waals surface area contributed by atoms with Crippen LogP contribution in [0.2, 0.25) is 5.02 Å². The molecule has 1 heterocycles. The van der Waals surface area contributed by atoms with Gasteiger partial charge in [0.2, 0.25) is 0 Å². The number of pyridine rings is 1. The normalized spacial score (nSPS) is 11.1. The predicted molar refractivity (Wildman–Crippen MR) is 144 cm³/mol. The smallest absolute Gasteiger partial charge is 0.307 e. The Morgan fingerprint density at radius 1 is 0.833 bits per heavy atom. The van der Waals surface area contributed by atoms with Crippen LogP contribution in [0.15, 0.2) is 89.7 Å². The van der Waals surface area contributed by atoms with Crippen molar-refractivity contribution in [3.63, 3.8) is 0 Å². The summed E-state index contributed by atoms with van der Waals surface area (Å²) in [6.07, 6.45) is -0.123. The van der Waals surface area contributed by atoms with Gasteiger partial charge in [0.25, 0.3) is 5.56 Å². The second kappa shape index (κ2) is 9.36. The first kappa shape index (κ1) is 23.4. The van der Waals surface area contributed by atoms with E-state index >= 15 is 0 Å². The number of aryl methyl sites for hydroxylation is 1. The van der Waals surface area contributed by atoms with Crippen molar-refractivity contribution < 1.29 is 15.0 Å². The standard InChI is InChI=1S/C30H22ClNO4/c1-17-9-18(12-29(34)35)11-21(10-17)25-14-22-13-24(26(31)16-27(22)32-30(25)36)20-7-8-23(28(33)15-20)19-5-3-2-4-6-19/h2-11,13-16,33H,12H2,1H3,(H,32,36)(H,34,35). The number of benzene rings is 4. The minimum absolute atomic E-state index is 0.123. The van der Waals surface area contributed by atoms with Crippen LogP contribution in [0.4, 0.5) is 0 Å². The predicted octanol–water partition coefficient (Wildman–Crippen LogP) is 6.82. The highest BCUT2D eigenvalue weighted by molar-refractivity contribution is 6.34. The van der Waals surface area contributed by atoms with Crippen LogP contribution in [-0.2, 0) is 11.2 Å². The Morgan fingerprint density at radius 3 is 2.31 bits per heavy atom. The molecule has 0 amide bonds. The fourth-order valence-electron chi connectivity index (χ4n) is 4.52. The number of aliphatic carboxylic acids is 1. The van der Waals surface area contributed by atoms with Gasteiger partial charge in [0.15, 0.2) is 0 Å². The van der Waals surface area contributed by atoms with Crippen molar-refractivity contribution >= 4 is 28.5 Å². The highest BCUT2D eigenvalue weighted by Gasteiger charge is 2.14. The third-order valence-corrected chi connectivity index (χ3v) is 6.44. The summed E-state index contributed by atoms with van der Waals surface area (Å²) in [6.45, 7) is 1.87. The van der Waals surface area contributed by atoms with Crippen LogP contribution in [0.25, 0.3) is 44.3 Å². The number of carboxylic acid groups (broad SMARTS) is 1. The first-order chi connectivity index (χ1) is 17.3. The van der Waals surface area contributed by atoms with Crippen molar-refractivity contribution in [2.24, 2.45) is 0 Å². The second-order valence-electron chi connectivity index (χ2n) is 8.81. The number of halogens is 1. The van der Waals surface area contributed by atoms with E-state index in [2.05, 4.69) is 4.98 Å². The molecular formula is C30H22ClNO4. The van der Waals surface area contributed by atoms with Gasteiger partial charge in [-0.3, -0.25) is 9.59 Å². The monoisotopic (exact) mass is 495 g/mol. The number of aromatic amines is 1. The molecule has 0 spiro atoms. The van der Waals surface area contributed by atoms with Gasteiger partial charge in [-0.15, -0.1) is 0 Å². The molecule has 0 saturated heterocycles. The van der Waals surface area contributed by atoms with Gasteiger partial charge in [-0.05, 0) is 58.8 Å². The molecule has 0 radical (unpaired) electrons. The number of aromatic hydroxyl groups is 1. The number of aromatic nitrogens is 1. The van der Waals surface area contributed by atoms with Crippen molar-refractivity contribution in [1.82, 2.24) is 4.98 Å². The molecule has 0 unspecified atom stereocenters. The van der Waals surface area contributed by atoms with Gasteiger partial charge in [-0.25, -0.2) is 0 Å². The van der Waals surface area contributed by atoms with Gasteiger partial charge < -0.3 is 15.2 Å². The van der Waals surface area contributed by atoms with Crippen LogP contribution in [-0.4, -0.2) is 21.2 Å². The van der Waals surface area contributed by atoms with Crippen molar-refractivity contribution in [1.29, 1.82) is 0 Å². The van der Waals surface area contributed by atoms with E-state index in [1.165, 1.54) is 0 Å². The Bertz CT molecular complexity index is 1690. The number of fused-ring (bicyclic) bond motifs is 1. The lowest BCUT2D eigenvalue weighted by Gasteiger charge is -2.12. The van der Waals surface area contributed by atoms with E-state index in [1.54, 1.807) is 30.3 Å². The zero-order chi connectivity index (χ0) is 25.4. The second-order valence-corrected chi connectivity index (χ2v) is 9.21. The van der Waals surface area contributed by atoms with Crippen molar-refractivity contribution in [2.75, 3.05) is 0 Å². The number of carboxylic acids is 1. The maximum Gasteiger partial charge on any atom is 0.307 e. The Kier molecular flexibility index (Phi) is 6.08. The molecule has 0 atom stereocenters. The molecule has 4 aromatic carbocycles. The fourth-order valence-corrected chi connectivity index (χ4v) is 4.79. The molecule has 1 aromatic heterocycles. The summed E-state index contributed by atoms with van der Waals surface area (Å²) in [4.78, 5) is 27.0. The summed E-state index contributed by atoms with van der Waals surface area (Å²) in [7, 11) is 0. The van der Waals surface area contributed by atoms with Crippen LogP contribution < -0.4 is 5.56 Å². The lowest BCUT2D eigenvalue weighted by atomic mass is 9.96. The van der Waals surface area contributed by atoms with E-state index in [1.807, 2.05) is 61.5 Å². The lowest BCUT2D eigenvalue weighted by Crippen LogP contribution is -2.09. The molecule has 0 fully saturated rings. The van der Waals surface area contributed by atoms with Crippen LogP contribution in [0.3, 0.4) is 0 Å². The van der Waals surface area contributed by atoms with E-state index < -0.39 is 5.97 Å². The number of hydrogen-bond donors (Lipinski definition) is 3. The molecule has 3 N–H and O–H groups in total. The number of H-pyrrole nitrogens is 1. The molecule has 0 aliphatic heterocycles. The summed E-state index contributed by atoms with van der Waals surface area (Å²) in [6, 6.07) is 25.8. The highest BCUT2D eigenvalue weighted by Crippen LogP contribution is 2.37. The average molecular weight is 496 g/mol. The topological polar surface area (TPSA) is 90.4 Å². The van der Waals surface area contributed by atoms with Gasteiger partial charge in [-0.1, -0.05) is 77.8 Å². The van der Waals surface area contributed by atoms with Gasteiger partial charge >= 0.3 is 5.97 Å². The fraction of sp³-hybridized carbons (Fsp3) is 0.0667. The first-order valence-corrected chi connectivity index (χ1v) is 11.7. The molecule has 6 heteroatoms. The number of rotatable bonds is 5. The molecule has 5 aromatic rings. The average Bonchev–Trinajstić information content (AvgIpc) is 2.83. The number of hydrogen-bond acceptors (Lipinski definition) is 3. The lowest BCUT2D eigenvalue weighted by molar-refractivity contribution is -0.136. The van der Waals surface area contributed by atoms with E-state index in [4.69, 9.17) is 11.6 Å². The maximum atomic E-state index is 12.9. The van der Waals surface area contributed by atoms with Crippen LogP contribution in [0.5, 0.6) is 5.75 Å². The molecule has 5 rings (SSSR count). The van der Waals surface area contributed by atoms with Crippen molar-refractivity contribution in [3.05, 3.63) is 111 Å². The maximum absolute atomic E-state index is 12.9. The minimum atomic E-state index is -0.931. The van der Waals surface area contributed by atoms with Crippen molar-refractivity contribution in [2.45, 2.75) is 13.3 Å². The van der Waals surface area contributed by atoms with Gasteiger partial charge in [-0.2, -0.15) is 0 Å². The van der Waals surface area contributed by atoms with Gasteiger partial charge in [0.1, 0.15) is 5.75 Å². The number of carbonyl (C=O) groups is 1. The largest absolute Gasteiger partial charge is 0.507 e.